The third kappa shape index (κ3) is 2.27. The third-order valence-corrected chi connectivity index (χ3v) is 4.05. The number of aromatic amines is 1. The maximum absolute atomic E-state index is 11.4. The van der Waals surface area contributed by atoms with E-state index < -0.39 is 0 Å². The molecule has 2 unspecified atom stereocenters. The number of hydrogen-bond donors (Lipinski definition) is 2. The van der Waals surface area contributed by atoms with Gasteiger partial charge >= 0.3 is 0 Å². The average molecular weight is 248 g/mol. The molecular formula is C13H20N4O. The lowest BCUT2D eigenvalue weighted by molar-refractivity contribution is 0.192. The van der Waals surface area contributed by atoms with Gasteiger partial charge in [-0.3, -0.25) is 9.69 Å². The van der Waals surface area contributed by atoms with Gasteiger partial charge in [0, 0.05) is 24.7 Å². The van der Waals surface area contributed by atoms with Gasteiger partial charge in [-0.25, -0.2) is 4.98 Å². The molecule has 2 N–H and O–H groups in total. The van der Waals surface area contributed by atoms with Crippen LogP contribution >= 0.6 is 0 Å². The molecule has 0 bridgehead atoms. The number of aromatic nitrogens is 2. The van der Waals surface area contributed by atoms with E-state index in [1.807, 2.05) is 6.92 Å². The Morgan fingerprint density at radius 1 is 1.39 bits per heavy atom. The summed E-state index contributed by atoms with van der Waals surface area (Å²) in [6.07, 6.45) is 5.06. The maximum Gasteiger partial charge on any atom is 0.252 e. The molecule has 0 spiro atoms. The lowest BCUT2D eigenvalue weighted by Gasteiger charge is -2.32. The molecular weight excluding hydrogens is 228 g/mol. The molecule has 1 aromatic heterocycles. The normalized spacial score (nSPS) is 28.1. The zero-order chi connectivity index (χ0) is 12.5. The Kier molecular flexibility index (Phi) is 3.07. The van der Waals surface area contributed by atoms with Gasteiger partial charge in [0.2, 0.25) is 0 Å². The molecule has 0 amide bonds. The molecule has 5 nitrogen and oxygen atoms in total. The van der Waals surface area contributed by atoms with Crippen molar-refractivity contribution in [2.75, 3.05) is 18.4 Å². The van der Waals surface area contributed by atoms with Crippen molar-refractivity contribution in [2.45, 2.75) is 44.7 Å². The number of piperidine rings is 1. The Hall–Kier alpha value is -1.36. The molecule has 98 valence electrons. The van der Waals surface area contributed by atoms with Crippen molar-refractivity contribution in [3.8, 4) is 0 Å². The molecule has 1 aromatic rings. The van der Waals surface area contributed by atoms with Crippen molar-refractivity contribution < 1.29 is 0 Å². The van der Waals surface area contributed by atoms with Gasteiger partial charge in [-0.1, -0.05) is 6.42 Å². The van der Waals surface area contributed by atoms with Crippen LogP contribution in [0.1, 0.15) is 31.5 Å². The molecule has 2 fully saturated rings. The Morgan fingerprint density at radius 3 is 3.11 bits per heavy atom. The van der Waals surface area contributed by atoms with Gasteiger partial charge in [0.25, 0.3) is 5.56 Å². The lowest BCUT2D eigenvalue weighted by atomic mass is 9.99. The molecule has 3 heterocycles. The molecule has 18 heavy (non-hydrogen) atoms. The van der Waals surface area contributed by atoms with Crippen LogP contribution in [0.4, 0.5) is 5.82 Å². The molecule has 0 radical (unpaired) electrons. The van der Waals surface area contributed by atoms with Crippen molar-refractivity contribution in [1.82, 2.24) is 14.9 Å². The van der Waals surface area contributed by atoms with E-state index in [9.17, 15) is 4.79 Å². The summed E-state index contributed by atoms with van der Waals surface area (Å²) < 4.78 is 0. The fourth-order valence-corrected chi connectivity index (χ4v) is 3.26. The van der Waals surface area contributed by atoms with Gasteiger partial charge < -0.3 is 10.3 Å². The molecule has 3 rings (SSSR count). The lowest BCUT2D eigenvalue weighted by Crippen LogP contribution is -2.42. The van der Waals surface area contributed by atoms with Crippen molar-refractivity contribution in [1.29, 1.82) is 0 Å². The monoisotopic (exact) mass is 248 g/mol. The first kappa shape index (κ1) is 11.7. The predicted octanol–water partition coefficient (Wildman–Crippen LogP) is 1.12. The van der Waals surface area contributed by atoms with Crippen LogP contribution in [0.2, 0.25) is 0 Å². The number of nitrogens with zero attached hydrogens (tertiary/aromatic N) is 2. The molecule has 0 aliphatic carbocycles. The smallest absolute Gasteiger partial charge is 0.252 e. The highest BCUT2D eigenvalue weighted by Crippen LogP contribution is 2.28. The van der Waals surface area contributed by atoms with E-state index in [0.29, 0.717) is 23.7 Å². The van der Waals surface area contributed by atoms with Gasteiger partial charge in [0.15, 0.2) is 0 Å². The standard InChI is InChI=1S/C13H20N4O/c1-9-14-12(8-13(18)15-9)16-10-5-7-17-6-3-2-4-11(10)17/h8,10-11H,2-7H2,1H3,(H2,14,15,16,18). The maximum atomic E-state index is 11.4. The Balaban J connectivity index is 1.74. The van der Waals surface area contributed by atoms with E-state index in [-0.39, 0.29) is 5.56 Å². The second-order valence-corrected chi connectivity index (χ2v) is 5.35. The number of fused-ring (bicyclic) bond motifs is 1. The first-order chi connectivity index (χ1) is 8.72. The van der Waals surface area contributed by atoms with Crippen LogP contribution in [0.3, 0.4) is 0 Å². The van der Waals surface area contributed by atoms with Gasteiger partial charge in [-0.05, 0) is 32.7 Å². The zero-order valence-electron chi connectivity index (χ0n) is 10.8. The zero-order valence-corrected chi connectivity index (χ0v) is 10.8. The summed E-state index contributed by atoms with van der Waals surface area (Å²) in [7, 11) is 0. The minimum Gasteiger partial charge on any atom is -0.365 e. The van der Waals surface area contributed by atoms with Crippen molar-refractivity contribution in [3.05, 3.63) is 22.2 Å². The Labute approximate surface area is 107 Å². The summed E-state index contributed by atoms with van der Waals surface area (Å²) in [6, 6.07) is 2.62. The number of hydrogen-bond acceptors (Lipinski definition) is 4. The Morgan fingerprint density at radius 2 is 2.28 bits per heavy atom. The summed E-state index contributed by atoms with van der Waals surface area (Å²) >= 11 is 0. The highest BCUT2D eigenvalue weighted by molar-refractivity contribution is 5.35. The quantitative estimate of drug-likeness (QED) is 0.823. The molecule has 0 saturated carbocycles. The third-order valence-electron chi connectivity index (χ3n) is 4.05. The predicted molar refractivity (Wildman–Crippen MR) is 70.8 cm³/mol. The number of nitrogens with one attached hydrogen (secondary N) is 2. The van der Waals surface area contributed by atoms with E-state index in [0.717, 1.165) is 6.42 Å². The van der Waals surface area contributed by atoms with Crippen LogP contribution in [0.5, 0.6) is 0 Å². The molecule has 2 saturated heterocycles. The van der Waals surface area contributed by atoms with Crippen molar-refractivity contribution >= 4 is 5.82 Å². The van der Waals surface area contributed by atoms with Crippen molar-refractivity contribution in [3.63, 3.8) is 0 Å². The highest BCUT2D eigenvalue weighted by atomic mass is 16.1. The van der Waals surface area contributed by atoms with Crippen LogP contribution in [0.15, 0.2) is 10.9 Å². The molecule has 2 atom stereocenters. The topological polar surface area (TPSA) is 61.0 Å². The molecule has 2 aliphatic heterocycles. The molecule has 0 aromatic carbocycles. The minimum absolute atomic E-state index is 0.0801. The van der Waals surface area contributed by atoms with Crippen LogP contribution in [-0.2, 0) is 0 Å². The van der Waals surface area contributed by atoms with Gasteiger partial charge in [-0.2, -0.15) is 0 Å². The second-order valence-electron chi connectivity index (χ2n) is 5.35. The first-order valence-corrected chi connectivity index (χ1v) is 6.81. The summed E-state index contributed by atoms with van der Waals surface area (Å²) in [5.74, 6) is 1.39. The van der Waals surface area contributed by atoms with E-state index in [4.69, 9.17) is 0 Å². The van der Waals surface area contributed by atoms with Crippen LogP contribution in [0.25, 0.3) is 0 Å². The van der Waals surface area contributed by atoms with E-state index in [1.165, 1.54) is 32.4 Å². The first-order valence-electron chi connectivity index (χ1n) is 6.81. The summed E-state index contributed by atoms with van der Waals surface area (Å²) in [4.78, 5) is 21.0. The SMILES string of the molecule is Cc1nc(NC2CCN3CCCCC23)cc(=O)[nH]1. The van der Waals surface area contributed by atoms with Crippen LogP contribution in [0, 0.1) is 6.92 Å². The molecule has 2 aliphatic rings. The fraction of sp³-hybridized carbons (Fsp3) is 0.692. The fourth-order valence-electron chi connectivity index (χ4n) is 3.26. The van der Waals surface area contributed by atoms with Gasteiger partial charge in [0.05, 0.1) is 0 Å². The van der Waals surface area contributed by atoms with Gasteiger partial charge in [-0.15, -0.1) is 0 Å². The van der Waals surface area contributed by atoms with E-state index in [1.54, 1.807) is 6.07 Å². The highest BCUT2D eigenvalue weighted by Gasteiger charge is 2.35. The number of aryl methyl sites for hydroxylation is 1. The second kappa shape index (κ2) is 4.72. The van der Waals surface area contributed by atoms with Gasteiger partial charge in [0.1, 0.15) is 11.6 Å². The van der Waals surface area contributed by atoms with Crippen LogP contribution in [-0.4, -0.2) is 40.0 Å². The summed E-state index contributed by atoms with van der Waals surface area (Å²) in [5.41, 5.74) is -0.0801. The Bertz CT molecular complexity index is 484. The largest absolute Gasteiger partial charge is 0.365 e. The average Bonchev–Trinajstić information content (AvgIpc) is 2.72. The molecule has 5 heteroatoms. The van der Waals surface area contributed by atoms with E-state index >= 15 is 0 Å². The summed E-state index contributed by atoms with van der Waals surface area (Å²) in [6.45, 7) is 4.21. The van der Waals surface area contributed by atoms with E-state index in [2.05, 4.69) is 20.2 Å². The number of H-pyrrole nitrogens is 1. The number of rotatable bonds is 2. The summed E-state index contributed by atoms with van der Waals surface area (Å²) in [5, 5.41) is 3.45. The number of anilines is 1. The minimum atomic E-state index is -0.0801. The van der Waals surface area contributed by atoms with Crippen LogP contribution < -0.4 is 10.9 Å². The van der Waals surface area contributed by atoms with Crippen molar-refractivity contribution in [2.24, 2.45) is 0 Å².